The highest BCUT2D eigenvalue weighted by Gasteiger charge is 2.24. The fourth-order valence-electron chi connectivity index (χ4n) is 3.67. The van der Waals surface area contributed by atoms with E-state index in [1.54, 1.807) is 11.4 Å². The topological polar surface area (TPSA) is 98.9 Å². The molecule has 1 saturated carbocycles. The van der Waals surface area contributed by atoms with Crippen molar-refractivity contribution in [1.29, 1.82) is 5.26 Å². The summed E-state index contributed by atoms with van der Waals surface area (Å²) in [7, 11) is 0. The lowest BCUT2D eigenvalue weighted by molar-refractivity contribution is 0.0702. The zero-order valence-corrected chi connectivity index (χ0v) is 14.1. The number of aromatic nitrogens is 2. The average molecular weight is 369 g/mol. The molecule has 7 heteroatoms. The Morgan fingerprint density at radius 2 is 2.12 bits per heavy atom. The number of fused-ring (bicyclic) bond motifs is 1. The van der Waals surface area contributed by atoms with E-state index < -0.39 is 5.97 Å². The Labute approximate surface area is 154 Å². The molecule has 0 aliphatic heterocycles. The molecule has 3 aromatic heterocycles. The fraction of sp³-hybridized carbons (Fsp3) is 0.316. The van der Waals surface area contributed by atoms with Gasteiger partial charge in [-0.2, -0.15) is 5.26 Å². The molecule has 1 fully saturated rings. The number of carboxylic acids is 1. The van der Waals surface area contributed by atoms with Crippen LogP contribution in [-0.2, 0) is 0 Å². The van der Waals surface area contributed by atoms with Crippen molar-refractivity contribution in [2.24, 2.45) is 0 Å². The Bertz CT molecular complexity index is 1080. The Morgan fingerprint density at radius 3 is 2.73 bits per heavy atom. The quantitative estimate of drug-likeness (QED) is 0.715. The van der Waals surface area contributed by atoms with E-state index in [9.17, 15) is 14.9 Å². The first-order valence-electron chi connectivity index (χ1n) is 8.08. The third kappa shape index (κ3) is 2.72. The van der Waals surface area contributed by atoms with E-state index in [4.69, 9.17) is 5.11 Å². The molecule has 2 N–H and O–H groups in total. The molecule has 0 unspecified atom stereocenters. The zero-order valence-electron chi connectivity index (χ0n) is 13.3. The minimum Gasteiger partial charge on any atom is -0.477 e. The van der Waals surface area contributed by atoms with Crippen LogP contribution in [0.4, 0.5) is 0 Å². The first-order valence-corrected chi connectivity index (χ1v) is 8.96. The van der Waals surface area contributed by atoms with E-state index in [0.29, 0.717) is 27.6 Å². The van der Waals surface area contributed by atoms with Gasteiger partial charge in [0.15, 0.2) is 0 Å². The Hall–Kier alpha value is -2.85. The van der Waals surface area contributed by atoms with E-state index >= 15 is 0 Å². The summed E-state index contributed by atoms with van der Waals surface area (Å²) in [5.41, 5.74) is 2.20. The lowest BCUT2D eigenvalue weighted by Crippen LogP contribution is -2.09. The van der Waals surface area contributed by atoms with Gasteiger partial charge in [-0.25, -0.2) is 4.79 Å². The lowest BCUT2D eigenvalue weighted by atomic mass is 10.1. The highest BCUT2D eigenvalue weighted by atomic mass is 32.1. The summed E-state index contributed by atoms with van der Waals surface area (Å²) >= 11 is 1.13. The highest BCUT2D eigenvalue weighted by molar-refractivity contribution is 7.12. The molecule has 3 heterocycles. The van der Waals surface area contributed by atoms with Gasteiger partial charge >= 0.3 is 5.97 Å². The van der Waals surface area contributed by atoms with Crippen molar-refractivity contribution >= 4 is 28.2 Å². The molecule has 134 valence electrons. The number of pyridine rings is 1. The predicted molar refractivity (Wildman–Crippen MR) is 102 cm³/mol. The summed E-state index contributed by atoms with van der Waals surface area (Å²) < 4.78 is 2.05. The van der Waals surface area contributed by atoms with Crippen LogP contribution in [-0.4, -0.2) is 20.6 Å². The van der Waals surface area contributed by atoms with Crippen LogP contribution in [0.3, 0.4) is 0 Å². The van der Waals surface area contributed by atoms with E-state index in [0.717, 1.165) is 37.0 Å². The number of carboxylic acid groups (broad SMARTS) is 1. The number of nitrogens with zero attached hydrogens (tertiary/aromatic N) is 2. The molecule has 6 nitrogen and oxygen atoms in total. The summed E-state index contributed by atoms with van der Waals surface area (Å²) in [6.45, 7) is 0. The second kappa shape index (κ2) is 6.81. The van der Waals surface area contributed by atoms with E-state index in [-0.39, 0.29) is 23.9 Å². The number of rotatable bonds is 3. The Kier molecular flexibility index (Phi) is 4.70. The van der Waals surface area contributed by atoms with Gasteiger partial charge < -0.3 is 14.7 Å². The van der Waals surface area contributed by atoms with E-state index in [1.807, 2.05) is 10.8 Å². The highest BCUT2D eigenvalue weighted by Crippen LogP contribution is 2.38. The summed E-state index contributed by atoms with van der Waals surface area (Å²) in [4.78, 5) is 26.6. The van der Waals surface area contributed by atoms with Crippen LogP contribution in [0.15, 0.2) is 28.6 Å². The van der Waals surface area contributed by atoms with Crippen molar-refractivity contribution in [3.63, 3.8) is 0 Å². The molecule has 0 amide bonds. The van der Waals surface area contributed by atoms with Gasteiger partial charge in [-0.15, -0.1) is 11.3 Å². The molecule has 0 bridgehead atoms. The molecule has 0 spiro atoms. The van der Waals surface area contributed by atoms with Crippen molar-refractivity contribution in [3.8, 4) is 17.2 Å². The molecule has 0 saturated heterocycles. The standard InChI is InChI=1S/C18H15N3O3S.CH4/c19-6-11-7-20-17(22)15-13(10-5-14(18(23)24)25-9-10)8-21(16(11)15)12-3-1-2-4-12;/h5,7-9,12H,1-4H2,(H,20,22)(H,23,24);1H4. The van der Waals surface area contributed by atoms with Gasteiger partial charge in [0.05, 0.1) is 16.5 Å². The molecule has 3 aromatic rings. The molecule has 0 radical (unpaired) electrons. The van der Waals surface area contributed by atoms with Crippen LogP contribution in [0.25, 0.3) is 22.0 Å². The molecule has 26 heavy (non-hydrogen) atoms. The van der Waals surface area contributed by atoms with Crippen LogP contribution in [0.2, 0.25) is 0 Å². The minimum atomic E-state index is -0.984. The van der Waals surface area contributed by atoms with Gasteiger partial charge in [-0.05, 0) is 29.9 Å². The van der Waals surface area contributed by atoms with Gasteiger partial charge in [-0.1, -0.05) is 20.3 Å². The Morgan fingerprint density at radius 1 is 1.38 bits per heavy atom. The van der Waals surface area contributed by atoms with Gasteiger partial charge in [0.1, 0.15) is 10.9 Å². The first kappa shape index (κ1) is 18.0. The SMILES string of the molecule is C.N#Cc1c[nH]c(=O)c2c(-c3csc(C(=O)O)c3)cn(C3CCCC3)c12. The fourth-order valence-corrected chi connectivity index (χ4v) is 4.42. The predicted octanol–water partition coefficient (Wildman–Crippen LogP) is 4.38. The number of aromatic amines is 1. The lowest BCUT2D eigenvalue weighted by Gasteiger charge is -2.13. The van der Waals surface area contributed by atoms with Crippen molar-refractivity contribution < 1.29 is 9.90 Å². The third-order valence-electron chi connectivity index (χ3n) is 4.82. The van der Waals surface area contributed by atoms with Crippen LogP contribution in [0.1, 0.15) is 54.4 Å². The normalized spacial score (nSPS) is 14.3. The van der Waals surface area contributed by atoms with Crippen molar-refractivity contribution in [1.82, 2.24) is 9.55 Å². The van der Waals surface area contributed by atoms with Gasteiger partial charge in [0, 0.05) is 24.0 Å². The van der Waals surface area contributed by atoms with Crippen LogP contribution >= 0.6 is 11.3 Å². The number of H-pyrrole nitrogens is 1. The van der Waals surface area contributed by atoms with Crippen LogP contribution < -0.4 is 5.56 Å². The Balaban J connectivity index is 0.00000196. The van der Waals surface area contributed by atoms with Gasteiger partial charge in [-0.3, -0.25) is 4.79 Å². The number of hydrogen-bond acceptors (Lipinski definition) is 4. The second-order valence-electron chi connectivity index (χ2n) is 6.26. The average Bonchev–Trinajstić information content (AvgIpc) is 3.33. The molecule has 1 aliphatic rings. The zero-order chi connectivity index (χ0) is 17.6. The molecule has 1 aliphatic carbocycles. The maximum Gasteiger partial charge on any atom is 0.345 e. The first-order chi connectivity index (χ1) is 12.1. The molecular formula is C19H19N3O3S. The molecule has 0 atom stereocenters. The number of nitriles is 1. The van der Waals surface area contributed by atoms with Crippen molar-refractivity contribution in [2.75, 3.05) is 0 Å². The van der Waals surface area contributed by atoms with Crippen LogP contribution in [0.5, 0.6) is 0 Å². The van der Waals surface area contributed by atoms with E-state index in [2.05, 4.69) is 11.1 Å². The summed E-state index contributed by atoms with van der Waals surface area (Å²) in [6, 6.07) is 4.02. The third-order valence-corrected chi connectivity index (χ3v) is 5.74. The summed E-state index contributed by atoms with van der Waals surface area (Å²) in [5.74, 6) is -0.984. The maximum atomic E-state index is 12.5. The van der Waals surface area contributed by atoms with Gasteiger partial charge in [0.25, 0.3) is 5.56 Å². The van der Waals surface area contributed by atoms with Crippen molar-refractivity contribution in [2.45, 2.75) is 39.2 Å². The van der Waals surface area contributed by atoms with E-state index in [1.165, 1.54) is 6.20 Å². The number of hydrogen-bond donors (Lipinski definition) is 2. The number of nitrogens with one attached hydrogen (secondary N) is 1. The minimum absolute atomic E-state index is 0. The summed E-state index contributed by atoms with van der Waals surface area (Å²) in [6.07, 6.45) is 7.66. The number of thiophene rings is 1. The largest absolute Gasteiger partial charge is 0.477 e. The maximum absolute atomic E-state index is 12.5. The van der Waals surface area contributed by atoms with Crippen LogP contribution in [0, 0.1) is 11.3 Å². The molecule has 4 rings (SSSR count). The smallest absolute Gasteiger partial charge is 0.345 e. The number of carbonyl (C=O) groups is 1. The van der Waals surface area contributed by atoms with Crippen molar-refractivity contribution in [3.05, 3.63) is 44.6 Å². The second-order valence-corrected chi connectivity index (χ2v) is 7.17. The molecule has 0 aromatic carbocycles. The van der Waals surface area contributed by atoms with Gasteiger partial charge in [0.2, 0.25) is 0 Å². The number of aromatic carboxylic acids is 1. The monoisotopic (exact) mass is 369 g/mol. The summed E-state index contributed by atoms with van der Waals surface area (Å²) in [5, 5.41) is 20.9. The molecular weight excluding hydrogens is 350 g/mol.